The van der Waals surface area contributed by atoms with Gasteiger partial charge >= 0.3 is 0 Å². The highest BCUT2D eigenvalue weighted by Gasteiger charge is 2.24. The summed E-state index contributed by atoms with van der Waals surface area (Å²) in [6.45, 7) is 2.03. The number of nitrogens with zero attached hydrogens (tertiary/aromatic N) is 3. The number of carbonyl (C=O) groups excluding carboxylic acids is 1. The number of thiophene rings is 1. The van der Waals surface area contributed by atoms with Crippen molar-refractivity contribution >= 4 is 17.2 Å². The van der Waals surface area contributed by atoms with E-state index in [1.165, 1.54) is 40.5 Å². The first-order chi connectivity index (χ1) is 12.6. The molecule has 2 heterocycles. The predicted octanol–water partition coefficient (Wildman–Crippen LogP) is 3.75. The summed E-state index contributed by atoms with van der Waals surface area (Å²) in [5.74, 6) is 0.726. The number of amides is 1. The molecule has 26 heavy (non-hydrogen) atoms. The summed E-state index contributed by atoms with van der Waals surface area (Å²) in [6.07, 6.45) is -0.199. The Bertz CT molecular complexity index is 849. The number of aromatic nitrogens is 2. The number of likely N-dealkylation sites (N-methyl/N-ethyl adjacent to an activating group) is 1. The highest BCUT2D eigenvalue weighted by molar-refractivity contribution is 7.13. The lowest BCUT2D eigenvalue weighted by atomic mass is 10.2. The third-order valence-corrected chi connectivity index (χ3v) is 4.56. The Morgan fingerprint density at radius 1 is 1.35 bits per heavy atom. The standard InChI is InChI=1S/C18H18FN3O3S/c1-3-14(24-13-8-6-12(19)7-9-13)18(23)22(2)11-16-20-17(21-25-16)15-5-4-10-26-15/h4-10,14H,3,11H2,1-2H3/t14-/m1/s1. The lowest BCUT2D eigenvalue weighted by Crippen LogP contribution is -2.39. The van der Waals surface area contributed by atoms with Crippen molar-refractivity contribution in [2.24, 2.45) is 0 Å². The van der Waals surface area contributed by atoms with Crippen molar-refractivity contribution < 1.29 is 18.4 Å². The van der Waals surface area contributed by atoms with Gasteiger partial charge in [-0.25, -0.2) is 4.39 Å². The minimum atomic E-state index is -0.676. The van der Waals surface area contributed by atoms with Crippen LogP contribution in [-0.4, -0.2) is 34.1 Å². The molecule has 0 fully saturated rings. The van der Waals surface area contributed by atoms with Crippen LogP contribution in [-0.2, 0) is 11.3 Å². The lowest BCUT2D eigenvalue weighted by molar-refractivity contribution is -0.138. The summed E-state index contributed by atoms with van der Waals surface area (Å²) >= 11 is 1.51. The predicted molar refractivity (Wildman–Crippen MR) is 95.2 cm³/mol. The first kappa shape index (κ1) is 18.1. The highest BCUT2D eigenvalue weighted by Crippen LogP contribution is 2.22. The van der Waals surface area contributed by atoms with Gasteiger partial charge in [-0.05, 0) is 42.1 Å². The average Bonchev–Trinajstić information content (AvgIpc) is 3.32. The van der Waals surface area contributed by atoms with Gasteiger partial charge in [-0.1, -0.05) is 18.1 Å². The van der Waals surface area contributed by atoms with Crippen molar-refractivity contribution in [2.75, 3.05) is 7.05 Å². The monoisotopic (exact) mass is 375 g/mol. The second-order valence-corrected chi connectivity index (χ2v) is 6.60. The van der Waals surface area contributed by atoms with E-state index in [1.54, 1.807) is 7.05 Å². The molecular formula is C18H18FN3O3S. The second-order valence-electron chi connectivity index (χ2n) is 5.65. The molecular weight excluding hydrogens is 357 g/mol. The van der Waals surface area contributed by atoms with Gasteiger partial charge in [0.25, 0.3) is 5.91 Å². The third kappa shape index (κ3) is 4.26. The van der Waals surface area contributed by atoms with Crippen molar-refractivity contribution in [3.05, 3.63) is 53.5 Å². The lowest BCUT2D eigenvalue weighted by Gasteiger charge is -2.22. The molecule has 8 heteroatoms. The van der Waals surface area contributed by atoms with E-state index in [1.807, 2.05) is 24.4 Å². The summed E-state index contributed by atoms with van der Waals surface area (Å²) in [5, 5.41) is 5.86. The smallest absolute Gasteiger partial charge is 0.263 e. The van der Waals surface area contributed by atoms with E-state index in [0.717, 1.165) is 4.88 Å². The average molecular weight is 375 g/mol. The molecule has 6 nitrogen and oxygen atoms in total. The molecule has 0 aliphatic carbocycles. The van der Waals surface area contributed by atoms with Crippen molar-refractivity contribution in [1.82, 2.24) is 15.0 Å². The Labute approximate surface area is 154 Å². The zero-order chi connectivity index (χ0) is 18.5. The van der Waals surface area contributed by atoms with Crippen molar-refractivity contribution in [2.45, 2.75) is 26.0 Å². The van der Waals surface area contributed by atoms with Gasteiger partial charge in [0.1, 0.15) is 11.6 Å². The number of rotatable bonds is 7. The van der Waals surface area contributed by atoms with Crippen LogP contribution in [0.15, 0.2) is 46.3 Å². The van der Waals surface area contributed by atoms with E-state index in [9.17, 15) is 9.18 Å². The molecule has 0 radical (unpaired) electrons. The quantitative estimate of drug-likeness (QED) is 0.629. The van der Waals surface area contributed by atoms with Crippen LogP contribution in [0.3, 0.4) is 0 Å². The normalized spacial score (nSPS) is 12.0. The molecule has 1 aromatic carbocycles. The number of hydrogen-bond acceptors (Lipinski definition) is 6. The summed E-state index contributed by atoms with van der Waals surface area (Å²) < 4.78 is 23.9. The molecule has 0 aliphatic heterocycles. The van der Waals surface area contributed by atoms with Crippen LogP contribution in [0.5, 0.6) is 5.75 Å². The Morgan fingerprint density at radius 3 is 2.77 bits per heavy atom. The molecule has 1 atom stereocenters. The zero-order valence-corrected chi connectivity index (χ0v) is 15.2. The van der Waals surface area contributed by atoms with E-state index < -0.39 is 6.10 Å². The fourth-order valence-electron chi connectivity index (χ4n) is 2.34. The van der Waals surface area contributed by atoms with Gasteiger partial charge in [0.15, 0.2) is 6.10 Å². The Hall–Kier alpha value is -2.74. The van der Waals surface area contributed by atoms with Crippen LogP contribution in [0.1, 0.15) is 19.2 Å². The number of ether oxygens (including phenoxy) is 1. The van der Waals surface area contributed by atoms with Crippen molar-refractivity contribution in [3.63, 3.8) is 0 Å². The Morgan fingerprint density at radius 2 is 2.12 bits per heavy atom. The molecule has 0 unspecified atom stereocenters. The highest BCUT2D eigenvalue weighted by atomic mass is 32.1. The number of benzene rings is 1. The summed E-state index contributed by atoms with van der Waals surface area (Å²) in [4.78, 5) is 19.3. The number of carbonyl (C=O) groups is 1. The molecule has 2 aromatic heterocycles. The largest absolute Gasteiger partial charge is 0.481 e. The first-order valence-electron chi connectivity index (χ1n) is 8.10. The van der Waals surface area contributed by atoms with Crippen LogP contribution in [0.2, 0.25) is 0 Å². The van der Waals surface area contributed by atoms with E-state index in [4.69, 9.17) is 9.26 Å². The second kappa shape index (κ2) is 8.09. The minimum Gasteiger partial charge on any atom is -0.481 e. The molecule has 136 valence electrons. The Balaban J connectivity index is 1.63. The van der Waals surface area contributed by atoms with Crippen molar-refractivity contribution in [1.29, 1.82) is 0 Å². The molecule has 0 saturated carbocycles. The fourth-order valence-corrected chi connectivity index (χ4v) is 2.99. The fraction of sp³-hybridized carbons (Fsp3) is 0.278. The van der Waals surface area contributed by atoms with Gasteiger partial charge in [-0.15, -0.1) is 11.3 Å². The van der Waals surface area contributed by atoms with E-state index in [0.29, 0.717) is 23.9 Å². The zero-order valence-electron chi connectivity index (χ0n) is 14.4. The first-order valence-corrected chi connectivity index (χ1v) is 8.98. The Kier molecular flexibility index (Phi) is 5.62. The number of halogens is 1. The maximum Gasteiger partial charge on any atom is 0.263 e. The van der Waals surface area contributed by atoms with Crippen molar-refractivity contribution in [3.8, 4) is 16.5 Å². The van der Waals surface area contributed by atoms with Gasteiger partial charge in [0.05, 0.1) is 11.4 Å². The molecule has 0 spiro atoms. The molecule has 1 amide bonds. The van der Waals surface area contributed by atoms with Gasteiger partial charge < -0.3 is 14.2 Å². The van der Waals surface area contributed by atoms with E-state index in [2.05, 4.69) is 10.1 Å². The maximum absolute atomic E-state index is 13.0. The van der Waals surface area contributed by atoms with Crippen LogP contribution < -0.4 is 4.74 Å². The van der Waals surface area contributed by atoms with Gasteiger partial charge in [0, 0.05) is 7.05 Å². The third-order valence-electron chi connectivity index (χ3n) is 3.70. The molecule has 0 aliphatic rings. The minimum absolute atomic E-state index is 0.181. The van der Waals surface area contributed by atoms with Crippen LogP contribution >= 0.6 is 11.3 Å². The molecule has 3 rings (SSSR count). The summed E-state index contributed by atoms with van der Waals surface area (Å²) in [6, 6.07) is 9.39. The topological polar surface area (TPSA) is 68.5 Å². The van der Waals surface area contributed by atoms with Gasteiger partial charge in [-0.2, -0.15) is 4.98 Å². The molecule has 3 aromatic rings. The summed E-state index contributed by atoms with van der Waals surface area (Å²) in [5.41, 5.74) is 0. The molecule has 0 bridgehead atoms. The molecule has 0 saturated heterocycles. The number of hydrogen-bond donors (Lipinski definition) is 0. The van der Waals surface area contributed by atoms with E-state index in [-0.39, 0.29) is 18.3 Å². The van der Waals surface area contributed by atoms with Gasteiger partial charge in [-0.3, -0.25) is 4.79 Å². The van der Waals surface area contributed by atoms with Crippen LogP contribution in [0.25, 0.3) is 10.7 Å². The van der Waals surface area contributed by atoms with E-state index >= 15 is 0 Å². The molecule has 0 N–H and O–H groups in total. The SMILES string of the molecule is CC[C@@H](Oc1ccc(F)cc1)C(=O)N(C)Cc1nc(-c2cccs2)no1. The van der Waals surface area contributed by atoms with Crippen LogP contribution in [0.4, 0.5) is 4.39 Å². The summed E-state index contributed by atoms with van der Waals surface area (Å²) in [7, 11) is 1.65. The van der Waals surface area contributed by atoms with Crippen LogP contribution in [0, 0.1) is 5.82 Å². The maximum atomic E-state index is 13.0. The van der Waals surface area contributed by atoms with Gasteiger partial charge in [0.2, 0.25) is 11.7 Å².